The van der Waals surface area contributed by atoms with Crippen LogP contribution >= 0.6 is 11.6 Å². The summed E-state index contributed by atoms with van der Waals surface area (Å²) in [5.74, 6) is 1.01. The third-order valence-corrected chi connectivity index (χ3v) is 8.89. The average Bonchev–Trinajstić information content (AvgIpc) is 2.97. The summed E-state index contributed by atoms with van der Waals surface area (Å²) in [6.45, 7) is 4.85. The zero-order valence-electron chi connectivity index (χ0n) is 23.8. The third kappa shape index (κ3) is 7.56. The van der Waals surface area contributed by atoms with E-state index in [0.29, 0.717) is 24.2 Å². The van der Waals surface area contributed by atoms with Crippen LogP contribution in [0, 0.1) is 17.8 Å². The van der Waals surface area contributed by atoms with Gasteiger partial charge in [0.05, 0.1) is 19.3 Å². The van der Waals surface area contributed by atoms with E-state index in [9.17, 15) is 9.59 Å². The number of hydrogen-bond acceptors (Lipinski definition) is 4. The van der Waals surface area contributed by atoms with Crippen LogP contribution in [0.1, 0.15) is 62.6 Å². The van der Waals surface area contributed by atoms with Gasteiger partial charge in [0.2, 0.25) is 5.91 Å². The molecule has 7 nitrogen and oxygen atoms in total. The van der Waals surface area contributed by atoms with E-state index >= 15 is 0 Å². The van der Waals surface area contributed by atoms with Gasteiger partial charge in [0, 0.05) is 35.5 Å². The molecule has 1 aliphatic heterocycles. The first kappa shape index (κ1) is 30.4. The number of benzene rings is 2. The van der Waals surface area contributed by atoms with Crippen LogP contribution in [-0.4, -0.2) is 61.9 Å². The maximum atomic E-state index is 14.2. The lowest BCUT2D eigenvalue weighted by Gasteiger charge is -2.44. The lowest BCUT2D eigenvalue weighted by atomic mass is 9.78. The summed E-state index contributed by atoms with van der Waals surface area (Å²) in [6, 6.07) is 14.4. The Kier molecular flexibility index (Phi) is 11.3. The number of nitrogens with zero attached hydrogens (tertiary/aromatic N) is 1. The Labute approximate surface area is 243 Å². The molecule has 2 aliphatic rings. The van der Waals surface area contributed by atoms with Gasteiger partial charge in [-0.2, -0.15) is 0 Å². The van der Waals surface area contributed by atoms with Crippen molar-refractivity contribution in [2.24, 2.45) is 17.8 Å². The molecule has 8 heteroatoms. The van der Waals surface area contributed by atoms with E-state index in [-0.39, 0.29) is 30.3 Å². The number of amides is 2. The predicted molar refractivity (Wildman–Crippen MR) is 160 cm³/mol. The maximum absolute atomic E-state index is 14.2. The molecule has 218 valence electrons. The number of halogens is 1. The van der Waals surface area contributed by atoms with Crippen LogP contribution in [0.5, 0.6) is 0 Å². The number of hydrogen-bond donors (Lipinski definition) is 3. The van der Waals surface area contributed by atoms with Gasteiger partial charge in [0.1, 0.15) is 0 Å². The molecule has 0 unspecified atom stereocenters. The molecule has 1 aliphatic carbocycles. The highest BCUT2D eigenvalue weighted by Crippen LogP contribution is 2.45. The van der Waals surface area contributed by atoms with Crippen molar-refractivity contribution >= 4 is 23.6 Å². The van der Waals surface area contributed by atoms with Gasteiger partial charge in [-0.25, -0.2) is 4.79 Å². The summed E-state index contributed by atoms with van der Waals surface area (Å²) >= 11 is 6.92. The zero-order valence-corrected chi connectivity index (χ0v) is 24.6. The molecule has 2 aromatic carbocycles. The summed E-state index contributed by atoms with van der Waals surface area (Å²) < 4.78 is 6.00. The first-order chi connectivity index (χ1) is 19.4. The Morgan fingerprint density at radius 2 is 1.88 bits per heavy atom. The van der Waals surface area contributed by atoms with Crippen molar-refractivity contribution in [3.8, 4) is 11.1 Å². The number of ether oxygens (including phenoxy) is 1. The van der Waals surface area contributed by atoms with Gasteiger partial charge in [-0.1, -0.05) is 54.9 Å². The lowest BCUT2D eigenvalue weighted by molar-refractivity contribution is -0.143. The molecular formula is C32H44ClN3O4. The number of likely N-dealkylation sites (tertiary alicyclic amines) is 1. The molecule has 0 spiro atoms. The third-order valence-electron chi connectivity index (χ3n) is 8.57. The highest BCUT2D eigenvalue weighted by atomic mass is 35.5. The molecule has 0 aromatic heterocycles. The number of aryl methyl sites for hydroxylation is 1. The molecule has 2 fully saturated rings. The largest absolute Gasteiger partial charge is 0.465 e. The fourth-order valence-electron chi connectivity index (χ4n) is 6.56. The minimum absolute atomic E-state index is 0.0427. The standard InChI is InChI=1S/C32H44ClN3O4/c1-3-22-7-4-8-25(19-22)29-27(10-5-11-28(29)33)30-26(21-40-18-16-35-32(38)39)9-6-17-36(30)31(37)24-14-12-23(13-15-24)20-34-2/h4-5,7-8,10-11,19,23-24,26,30,34-35H,3,6,9,12-18,20-21H2,1-2H3,(H,38,39)/t23?,24?,26-,30+/m0/s1. The monoisotopic (exact) mass is 569 g/mol. The SMILES string of the molecule is CCc1cccc(-c2c(Cl)cccc2[C@H]2[C@H](COCCNC(=O)O)CCCN2C(=O)C2CCC(CNC)CC2)c1. The fourth-order valence-corrected chi connectivity index (χ4v) is 6.85. The highest BCUT2D eigenvalue weighted by Gasteiger charge is 2.40. The van der Waals surface area contributed by atoms with Crippen LogP contribution in [0.25, 0.3) is 11.1 Å². The van der Waals surface area contributed by atoms with Gasteiger partial charge in [-0.05, 0) is 87.2 Å². The van der Waals surface area contributed by atoms with Crippen molar-refractivity contribution in [2.75, 3.05) is 39.9 Å². The van der Waals surface area contributed by atoms with Crippen LogP contribution < -0.4 is 10.6 Å². The van der Waals surface area contributed by atoms with Crippen molar-refractivity contribution in [1.82, 2.24) is 15.5 Å². The molecule has 2 amide bonds. The maximum Gasteiger partial charge on any atom is 0.404 e. The molecular weight excluding hydrogens is 526 g/mol. The van der Waals surface area contributed by atoms with Crippen molar-refractivity contribution in [1.29, 1.82) is 0 Å². The predicted octanol–water partition coefficient (Wildman–Crippen LogP) is 6.16. The van der Waals surface area contributed by atoms with Gasteiger partial charge in [-0.3, -0.25) is 4.79 Å². The quantitative estimate of drug-likeness (QED) is 0.282. The van der Waals surface area contributed by atoms with Crippen LogP contribution in [0.4, 0.5) is 4.79 Å². The van der Waals surface area contributed by atoms with E-state index in [2.05, 4.69) is 52.8 Å². The van der Waals surface area contributed by atoms with Crippen molar-refractivity contribution in [3.63, 3.8) is 0 Å². The van der Waals surface area contributed by atoms with E-state index in [4.69, 9.17) is 21.4 Å². The fraction of sp³-hybridized carbons (Fsp3) is 0.562. The van der Waals surface area contributed by atoms with E-state index in [1.807, 2.05) is 19.2 Å². The Morgan fingerprint density at radius 3 is 2.60 bits per heavy atom. The van der Waals surface area contributed by atoms with Crippen LogP contribution in [-0.2, 0) is 16.0 Å². The molecule has 1 saturated carbocycles. The summed E-state index contributed by atoms with van der Waals surface area (Å²) in [7, 11) is 1.99. The second kappa shape index (κ2) is 14.9. The Hall–Kier alpha value is -2.61. The van der Waals surface area contributed by atoms with Crippen LogP contribution in [0.2, 0.25) is 5.02 Å². The molecule has 0 bridgehead atoms. The van der Waals surface area contributed by atoms with E-state index < -0.39 is 6.09 Å². The summed E-state index contributed by atoms with van der Waals surface area (Å²) in [5, 5.41) is 15.2. The first-order valence-corrected chi connectivity index (χ1v) is 15.2. The number of carbonyl (C=O) groups excluding carboxylic acids is 1. The van der Waals surface area contributed by atoms with E-state index in [1.54, 1.807) is 0 Å². The van der Waals surface area contributed by atoms with E-state index in [1.165, 1.54) is 5.56 Å². The minimum Gasteiger partial charge on any atom is -0.465 e. The molecule has 4 rings (SSSR count). The van der Waals surface area contributed by atoms with Crippen molar-refractivity contribution < 1.29 is 19.4 Å². The van der Waals surface area contributed by atoms with Gasteiger partial charge >= 0.3 is 6.09 Å². The van der Waals surface area contributed by atoms with Crippen LogP contribution in [0.15, 0.2) is 42.5 Å². The molecule has 2 aromatic rings. The minimum atomic E-state index is -1.06. The van der Waals surface area contributed by atoms with Crippen molar-refractivity contribution in [2.45, 2.75) is 57.9 Å². The van der Waals surface area contributed by atoms with Gasteiger partial charge in [0.15, 0.2) is 0 Å². The molecule has 0 radical (unpaired) electrons. The number of carboxylic acid groups (broad SMARTS) is 1. The summed E-state index contributed by atoms with van der Waals surface area (Å²) in [6.07, 6.45) is 5.72. The Balaban J connectivity index is 1.66. The van der Waals surface area contributed by atoms with Crippen LogP contribution in [0.3, 0.4) is 0 Å². The smallest absolute Gasteiger partial charge is 0.404 e. The zero-order chi connectivity index (χ0) is 28.5. The number of piperidine rings is 1. The topological polar surface area (TPSA) is 90.9 Å². The molecule has 40 heavy (non-hydrogen) atoms. The molecule has 1 saturated heterocycles. The Bertz CT molecular complexity index is 1130. The summed E-state index contributed by atoms with van der Waals surface area (Å²) in [5.41, 5.74) is 4.36. The highest BCUT2D eigenvalue weighted by molar-refractivity contribution is 6.33. The average molecular weight is 570 g/mol. The normalized spacial score (nSPS) is 23.1. The molecule has 3 N–H and O–H groups in total. The number of rotatable bonds is 11. The van der Waals surface area contributed by atoms with Crippen molar-refractivity contribution in [3.05, 3.63) is 58.6 Å². The second-order valence-corrected chi connectivity index (χ2v) is 11.6. The molecule has 1 heterocycles. The van der Waals surface area contributed by atoms with Gasteiger partial charge < -0.3 is 25.4 Å². The summed E-state index contributed by atoms with van der Waals surface area (Å²) in [4.78, 5) is 27.2. The molecule has 2 atom stereocenters. The lowest BCUT2D eigenvalue weighted by Crippen LogP contribution is -2.47. The van der Waals surface area contributed by atoms with E-state index in [0.717, 1.165) is 74.7 Å². The first-order valence-electron chi connectivity index (χ1n) is 14.8. The Morgan fingerprint density at radius 1 is 1.10 bits per heavy atom. The number of carbonyl (C=O) groups is 2. The second-order valence-electron chi connectivity index (χ2n) is 11.2. The van der Waals surface area contributed by atoms with Gasteiger partial charge in [-0.15, -0.1) is 0 Å². The van der Waals surface area contributed by atoms with Gasteiger partial charge in [0.25, 0.3) is 0 Å². The number of nitrogens with one attached hydrogen (secondary N) is 2.